The molecule has 4 heterocycles. The van der Waals surface area contributed by atoms with E-state index < -0.39 is 0 Å². The van der Waals surface area contributed by atoms with Gasteiger partial charge in [0.15, 0.2) is 17.3 Å². The summed E-state index contributed by atoms with van der Waals surface area (Å²) < 4.78 is 3.55. The molecular formula is C20H25N9O. The lowest BCUT2D eigenvalue weighted by Crippen LogP contribution is -2.42. The molecule has 0 radical (unpaired) electrons. The van der Waals surface area contributed by atoms with E-state index in [4.69, 9.17) is 4.98 Å². The maximum absolute atomic E-state index is 12.2. The molecule has 3 aromatic rings. The highest BCUT2D eigenvalue weighted by Gasteiger charge is 2.38. The van der Waals surface area contributed by atoms with Crippen LogP contribution in [0.15, 0.2) is 24.8 Å². The number of carbonyl (C=O) groups excluding carboxylic acids is 1. The second-order valence-electron chi connectivity index (χ2n) is 8.05. The van der Waals surface area contributed by atoms with E-state index in [2.05, 4.69) is 32.1 Å². The number of hydrogen-bond acceptors (Lipinski definition) is 7. The Hall–Kier alpha value is -3.30. The summed E-state index contributed by atoms with van der Waals surface area (Å²) in [5, 5.41) is 13.0. The molecular weight excluding hydrogens is 382 g/mol. The van der Waals surface area contributed by atoms with E-state index in [1.165, 1.54) is 17.7 Å². The number of rotatable bonds is 4. The molecule has 0 unspecified atom stereocenters. The molecule has 156 valence electrons. The zero-order chi connectivity index (χ0) is 20.8. The van der Waals surface area contributed by atoms with Gasteiger partial charge in [-0.15, -0.1) is 10.2 Å². The Morgan fingerprint density at radius 3 is 2.80 bits per heavy atom. The number of fused-ring (bicyclic) bond motifs is 3. The maximum atomic E-state index is 12.2. The maximum Gasteiger partial charge on any atom is 0.273 e. The molecule has 10 nitrogen and oxygen atoms in total. The summed E-state index contributed by atoms with van der Waals surface area (Å²) in [6.07, 6.45) is 10.9. The number of aromatic nitrogens is 7. The van der Waals surface area contributed by atoms with Crippen LogP contribution in [0.3, 0.4) is 0 Å². The van der Waals surface area contributed by atoms with E-state index in [-0.39, 0.29) is 11.9 Å². The minimum absolute atomic E-state index is 0.120. The van der Waals surface area contributed by atoms with E-state index >= 15 is 0 Å². The Balaban J connectivity index is 1.61. The molecule has 30 heavy (non-hydrogen) atoms. The third kappa shape index (κ3) is 2.86. The average molecular weight is 407 g/mol. The van der Waals surface area contributed by atoms with Crippen molar-refractivity contribution in [3.8, 4) is 11.6 Å². The van der Waals surface area contributed by atoms with Crippen LogP contribution in [0.1, 0.15) is 61.4 Å². The van der Waals surface area contributed by atoms with Gasteiger partial charge in [0.1, 0.15) is 12.0 Å². The molecule has 1 aliphatic heterocycles. The zero-order valence-corrected chi connectivity index (χ0v) is 17.4. The Kier molecular flexibility index (Phi) is 4.48. The van der Waals surface area contributed by atoms with Crippen LogP contribution in [0.5, 0.6) is 0 Å². The number of anilines is 1. The first-order valence-corrected chi connectivity index (χ1v) is 10.4. The molecule has 5 rings (SSSR count). The summed E-state index contributed by atoms with van der Waals surface area (Å²) in [6, 6.07) is 2.23. The first-order valence-electron chi connectivity index (χ1n) is 10.4. The molecule has 1 atom stereocenters. The molecule has 1 amide bonds. The van der Waals surface area contributed by atoms with Crippen LogP contribution in [-0.2, 0) is 0 Å². The molecule has 10 heteroatoms. The van der Waals surface area contributed by atoms with E-state index in [0.29, 0.717) is 17.7 Å². The standard InChI is InChI=1S/C20H25N9O/c1-4-15-18-24-22-12-27(18)16-11-21-20(23-17(16)29(15)13-7-5-6-8-13)28-10-9-14(25-28)19(30)26(2)3/h9-13,15H,4-8H2,1-3H3/t15-/m1/s1. The van der Waals surface area contributed by atoms with E-state index in [9.17, 15) is 4.79 Å². The Labute approximate surface area is 174 Å². The Morgan fingerprint density at radius 2 is 2.07 bits per heavy atom. The van der Waals surface area contributed by atoms with Crippen LogP contribution in [0.25, 0.3) is 11.6 Å². The summed E-state index contributed by atoms with van der Waals surface area (Å²) >= 11 is 0. The molecule has 0 bridgehead atoms. The summed E-state index contributed by atoms with van der Waals surface area (Å²) in [4.78, 5) is 25.6. The van der Waals surface area contributed by atoms with Crippen LogP contribution >= 0.6 is 0 Å². The van der Waals surface area contributed by atoms with Gasteiger partial charge < -0.3 is 9.80 Å². The normalized spacial score (nSPS) is 18.4. The van der Waals surface area contributed by atoms with E-state index in [1.807, 2.05) is 4.57 Å². The molecule has 1 fully saturated rings. The second-order valence-corrected chi connectivity index (χ2v) is 8.05. The van der Waals surface area contributed by atoms with Gasteiger partial charge in [-0.3, -0.25) is 9.36 Å². The lowest BCUT2D eigenvalue weighted by atomic mass is 10.0. The molecule has 1 saturated carbocycles. The predicted molar refractivity (Wildman–Crippen MR) is 110 cm³/mol. The summed E-state index contributed by atoms with van der Waals surface area (Å²) in [7, 11) is 3.41. The number of amides is 1. The number of carbonyl (C=O) groups is 1. The van der Waals surface area contributed by atoms with Crippen LogP contribution in [0.2, 0.25) is 0 Å². The minimum Gasteiger partial charge on any atom is -0.343 e. The third-order valence-corrected chi connectivity index (χ3v) is 5.97. The van der Waals surface area contributed by atoms with Gasteiger partial charge in [0, 0.05) is 26.3 Å². The molecule has 2 aliphatic rings. The molecule has 0 aromatic carbocycles. The van der Waals surface area contributed by atoms with Crippen LogP contribution in [-0.4, -0.2) is 65.5 Å². The average Bonchev–Trinajstić information content (AvgIpc) is 3.52. The topological polar surface area (TPSA) is 97.9 Å². The largest absolute Gasteiger partial charge is 0.343 e. The summed E-state index contributed by atoms with van der Waals surface area (Å²) in [5.74, 6) is 2.11. The lowest BCUT2D eigenvalue weighted by Gasteiger charge is -2.40. The van der Waals surface area contributed by atoms with Crippen molar-refractivity contribution in [2.45, 2.75) is 51.1 Å². The van der Waals surface area contributed by atoms with Gasteiger partial charge in [0.2, 0.25) is 0 Å². The minimum atomic E-state index is -0.153. The first-order chi connectivity index (χ1) is 14.6. The number of nitrogens with zero attached hydrogens (tertiary/aromatic N) is 9. The molecule has 0 N–H and O–H groups in total. The molecule has 0 saturated heterocycles. The number of hydrogen-bond donors (Lipinski definition) is 0. The van der Waals surface area contributed by atoms with Crippen molar-refractivity contribution in [3.63, 3.8) is 0 Å². The van der Waals surface area contributed by atoms with Gasteiger partial charge in [-0.1, -0.05) is 19.8 Å². The Bertz CT molecular complexity index is 1080. The van der Waals surface area contributed by atoms with Crippen LogP contribution in [0.4, 0.5) is 5.82 Å². The summed E-state index contributed by atoms with van der Waals surface area (Å²) in [6.45, 7) is 2.17. The van der Waals surface area contributed by atoms with Crippen molar-refractivity contribution in [2.75, 3.05) is 19.0 Å². The van der Waals surface area contributed by atoms with Gasteiger partial charge in [-0.2, -0.15) is 10.1 Å². The third-order valence-electron chi connectivity index (χ3n) is 5.97. The van der Waals surface area contributed by atoms with E-state index in [1.54, 1.807) is 43.6 Å². The second kappa shape index (κ2) is 7.19. The van der Waals surface area contributed by atoms with E-state index in [0.717, 1.165) is 36.6 Å². The van der Waals surface area contributed by atoms with Gasteiger partial charge >= 0.3 is 0 Å². The van der Waals surface area contributed by atoms with Crippen LogP contribution < -0.4 is 4.90 Å². The fourth-order valence-electron chi connectivity index (χ4n) is 4.52. The highest BCUT2D eigenvalue weighted by Crippen LogP contribution is 2.42. The highest BCUT2D eigenvalue weighted by molar-refractivity contribution is 5.91. The van der Waals surface area contributed by atoms with Crippen LogP contribution in [0, 0.1) is 0 Å². The fraction of sp³-hybridized carbons (Fsp3) is 0.500. The lowest BCUT2D eigenvalue weighted by molar-refractivity contribution is 0.0821. The molecule has 3 aromatic heterocycles. The van der Waals surface area contributed by atoms with Gasteiger partial charge in [0.25, 0.3) is 11.9 Å². The van der Waals surface area contributed by atoms with Crippen molar-refractivity contribution in [2.24, 2.45) is 0 Å². The molecule has 1 aliphatic carbocycles. The smallest absolute Gasteiger partial charge is 0.273 e. The van der Waals surface area contributed by atoms with Crippen molar-refractivity contribution in [1.82, 2.24) is 39.4 Å². The quantitative estimate of drug-likeness (QED) is 0.654. The Morgan fingerprint density at radius 1 is 1.27 bits per heavy atom. The highest BCUT2D eigenvalue weighted by atomic mass is 16.2. The van der Waals surface area contributed by atoms with Crippen molar-refractivity contribution >= 4 is 11.7 Å². The molecule has 0 spiro atoms. The fourth-order valence-corrected chi connectivity index (χ4v) is 4.52. The van der Waals surface area contributed by atoms with Gasteiger partial charge in [0.05, 0.1) is 12.2 Å². The monoisotopic (exact) mass is 407 g/mol. The van der Waals surface area contributed by atoms with Gasteiger partial charge in [-0.25, -0.2) is 9.67 Å². The van der Waals surface area contributed by atoms with Crippen molar-refractivity contribution in [1.29, 1.82) is 0 Å². The summed E-state index contributed by atoms with van der Waals surface area (Å²) in [5.41, 5.74) is 1.24. The first kappa shape index (κ1) is 18.7. The predicted octanol–water partition coefficient (Wildman–Crippen LogP) is 2.16. The van der Waals surface area contributed by atoms with Gasteiger partial charge in [-0.05, 0) is 25.3 Å². The zero-order valence-electron chi connectivity index (χ0n) is 17.4. The SMILES string of the molecule is CC[C@@H]1c2nncn2-c2cnc(-n3ccc(C(=O)N(C)C)n3)nc2N1C1CCCC1. The van der Waals surface area contributed by atoms with Crippen molar-refractivity contribution < 1.29 is 4.79 Å². The van der Waals surface area contributed by atoms with Crippen molar-refractivity contribution in [3.05, 3.63) is 36.3 Å².